The monoisotopic (exact) mass is 155 g/mol. The number of hydrogen-bond acceptors (Lipinski definition) is 2. The Morgan fingerprint density at radius 3 is 2.12 bits per heavy atom. The van der Waals surface area contributed by atoms with E-state index in [-0.39, 0.29) is 0 Å². The molecule has 8 heavy (non-hydrogen) atoms. The summed E-state index contributed by atoms with van der Waals surface area (Å²) < 4.78 is 0. The molecule has 0 aliphatic carbocycles. The average molecular weight is 155 g/mol. The molecule has 0 saturated heterocycles. The molecule has 0 bridgehead atoms. The molecule has 0 unspecified atom stereocenters. The Kier molecular flexibility index (Phi) is 2.56. The van der Waals surface area contributed by atoms with Gasteiger partial charge in [0.1, 0.15) is 6.16 Å². The van der Waals surface area contributed by atoms with Crippen molar-refractivity contribution in [2.45, 2.75) is 0 Å². The summed E-state index contributed by atoms with van der Waals surface area (Å²) in [5.74, 6) is -0.779. The van der Waals surface area contributed by atoms with Gasteiger partial charge in [0.15, 0.2) is 6.49 Å². The largest absolute Gasteiger partial charge is 0.369 e. The Morgan fingerprint density at radius 1 is 1.75 bits per heavy atom. The molecule has 0 atom stereocenters. The molecular formula is C2H6NO3PS. The maximum atomic E-state index is 9.88. The molecule has 0 rings (SSSR count). The SMILES string of the molecule is NC(=O)CP(O)(O)=S. The van der Waals surface area contributed by atoms with Gasteiger partial charge in [0.05, 0.1) is 0 Å². The topological polar surface area (TPSA) is 83.6 Å². The first kappa shape index (κ1) is 8.04. The van der Waals surface area contributed by atoms with E-state index in [1.807, 2.05) is 0 Å². The zero-order chi connectivity index (χ0) is 6.78. The minimum absolute atomic E-state index is 0.498. The second kappa shape index (κ2) is 2.55. The van der Waals surface area contributed by atoms with Crippen molar-refractivity contribution in [3.8, 4) is 0 Å². The molecule has 0 spiro atoms. The van der Waals surface area contributed by atoms with E-state index in [1.54, 1.807) is 0 Å². The van der Waals surface area contributed by atoms with Crippen molar-refractivity contribution < 1.29 is 14.6 Å². The zero-order valence-electron chi connectivity index (χ0n) is 3.94. The summed E-state index contributed by atoms with van der Waals surface area (Å²) in [6, 6.07) is 0. The molecule has 4 N–H and O–H groups in total. The van der Waals surface area contributed by atoms with Crippen molar-refractivity contribution in [2.24, 2.45) is 5.73 Å². The number of carbonyl (C=O) groups is 1. The lowest BCUT2D eigenvalue weighted by Gasteiger charge is -2.00. The van der Waals surface area contributed by atoms with Gasteiger partial charge < -0.3 is 15.5 Å². The summed E-state index contributed by atoms with van der Waals surface area (Å²) in [5.41, 5.74) is 4.58. The van der Waals surface area contributed by atoms with Crippen molar-refractivity contribution in [3.05, 3.63) is 0 Å². The molecule has 0 radical (unpaired) electrons. The van der Waals surface area contributed by atoms with Gasteiger partial charge in [0.25, 0.3) is 0 Å². The van der Waals surface area contributed by atoms with Gasteiger partial charge >= 0.3 is 0 Å². The van der Waals surface area contributed by atoms with Crippen LogP contribution >= 0.6 is 6.49 Å². The van der Waals surface area contributed by atoms with E-state index in [4.69, 9.17) is 9.79 Å². The third kappa shape index (κ3) is 6.04. The van der Waals surface area contributed by atoms with Crippen molar-refractivity contribution >= 4 is 24.2 Å². The fourth-order valence-corrected chi connectivity index (χ4v) is 0.991. The molecule has 0 aliphatic rings. The van der Waals surface area contributed by atoms with E-state index in [1.165, 1.54) is 0 Å². The minimum atomic E-state index is -3.36. The molecule has 0 saturated carbocycles. The van der Waals surface area contributed by atoms with E-state index in [2.05, 4.69) is 17.5 Å². The van der Waals surface area contributed by atoms with Crippen LogP contribution in [0.15, 0.2) is 0 Å². The lowest BCUT2D eigenvalue weighted by atomic mass is 10.8. The second-order valence-electron chi connectivity index (χ2n) is 1.29. The maximum Gasteiger partial charge on any atom is 0.227 e. The number of primary amides is 1. The van der Waals surface area contributed by atoms with E-state index in [9.17, 15) is 4.79 Å². The van der Waals surface area contributed by atoms with Gasteiger partial charge in [-0.15, -0.1) is 0 Å². The number of nitrogens with two attached hydrogens (primary N) is 1. The quantitative estimate of drug-likeness (QED) is 0.436. The van der Waals surface area contributed by atoms with Gasteiger partial charge in [-0.3, -0.25) is 4.79 Å². The summed E-state index contributed by atoms with van der Waals surface area (Å²) in [4.78, 5) is 26.6. The molecule has 6 heteroatoms. The molecule has 4 nitrogen and oxygen atoms in total. The first-order chi connectivity index (χ1) is 3.42. The Balaban J connectivity index is 3.74. The van der Waals surface area contributed by atoms with Crippen LogP contribution in [0.3, 0.4) is 0 Å². The van der Waals surface area contributed by atoms with Crippen molar-refractivity contribution in [1.82, 2.24) is 0 Å². The van der Waals surface area contributed by atoms with Crippen LogP contribution in [0.1, 0.15) is 0 Å². The number of carbonyl (C=O) groups excluding carboxylic acids is 1. The van der Waals surface area contributed by atoms with Crippen LogP contribution in [0.2, 0.25) is 0 Å². The van der Waals surface area contributed by atoms with Gasteiger partial charge in [0, 0.05) is 0 Å². The summed E-state index contributed by atoms with van der Waals surface area (Å²) >= 11 is 4.08. The molecular weight excluding hydrogens is 149 g/mol. The van der Waals surface area contributed by atoms with E-state index in [0.717, 1.165) is 0 Å². The van der Waals surface area contributed by atoms with Gasteiger partial charge in [-0.2, -0.15) is 0 Å². The zero-order valence-corrected chi connectivity index (χ0v) is 5.65. The van der Waals surface area contributed by atoms with E-state index < -0.39 is 18.6 Å². The van der Waals surface area contributed by atoms with Crippen LogP contribution in [0.5, 0.6) is 0 Å². The molecule has 48 valence electrons. The minimum Gasteiger partial charge on any atom is -0.369 e. The molecule has 1 amide bonds. The number of amides is 1. The lowest BCUT2D eigenvalue weighted by molar-refractivity contribution is -0.115. The third-order valence-electron chi connectivity index (χ3n) is 0.362. The fourth-order valence-electron chi connectivity index (χ4n) is 0.203. The van der Waals surface area contributed by atoms with Gasteiger partial charge in [-0.05, 0) is 11.8 Å². The Labute approximate surface area is 51.5 Å². The smallest absolute Gasteiger partial charge is 0.227 e. The maximum absolute atomic E-state index is 9.88. The van der Waals surface area contributed by atoms with Gasteiger partial charge in [-0.1, -0.05) is 0 Å². The van der Waals surface area contributed by atoms with Gasteiger partial charge in [-0.25, -0.2) is 0 Å². The summed E-state index contributed by atoms with van der Waals surface area (Å²) in [6.45, 7) is -3.36. The fraction of sp³-hybridized carbons (Fsp3) is 0.500. The lowest BCUT2D eigenvalue weighted by Crippen LogP contribution is -2.15. The van der Waals surface area contributed by atoms with E-state index >= 15 is 0 Å². The van der Waals surface area contributed by atoms with Crippen molar-refractivity contribution in [2.75, 3.05) is 6.16 Å². The van der Waals surface area contributed by atoms with Crippen LogP contribution in [0.4, 0.5) is 0 Å². The number of hydrogen-bond donors (Lipinski definition) is 3. The predicted molar refractivity (Wildman–Crippen MR) is 32.8 cm³/mol. The summed E-state index contributed by atoms with van der Waals surface area (Å²) in [5, 5.41) is 0. The van der Waals surface area contributed by atoms with Crippen LogP contribution in [-0.2, 0) is 16.6 Å². The van der Waals surface area contributed by atoms with Crippen LogP contribution in [-0.4, -0.2) is 21.9 Å². The highest BCUT2D eigenvalue weighted by molar-refractivity contribution is 8.09. The van der Waals surface area contributed by atoms with E-state index in [0.29, 0.717) is 0 Å². The predicted octanol–water partition coefficient (Wildman–Crippen LogP) is -1.23. The highest BCUT2D eigenvalue weighted by atomic mass is 32.5. The average Bonchev–Trinajstić information content (AvgIpc) is 1.21. The third-order valence-corrected chi connectivity index (χ3v) is 1.47. The Morgan fingerprint density at radius 2 is 2.12 bits per heavy atom. The normalized spacial score (nSPS) is 11.2. The summed E-state index contributed by atoms with van der Waals surface area (Å²) in [7, 11) is 0. The molecule has 0 aromatic rings. The summed E-state index contributed by atoms with van der Waals surface area (Å²) in [6.07, 6.45) is -0.498. The van der Waals surface area contributed by atoms with Gasteiger partial charge in [0.2, 0.25) is 5.91 Å². The molecule has 0 aromatic carbocycles. The molecule has 0 aliphatic heterocycles. The molecule has 0 aromatic heterocycles. The van der Waals surface area contributed by atoms with Crippen molar-refractivity contribution in [3.63, 3.8) is 0 Å². The highest BCUT2D eigenvalue weighted by Crippen LogP contribution is 2.33. The van der Waals surface area contributed by atoms with Crippen LogP contribution in [0, 0.1) is 0 Å². The first-order valence-electron chi connectivity index (χ1n) is 1.75. The molecule has 0 heterocycles. The highest BCUT2D eigenvalue weighted by Gasteiger charge is 2.09. The molecule has 0 fully saturated rings. The first-order valence-corrected chi connectivity index (χ1v) is 4.64. The Hall–Kier alpha value is 0.0400. The van der Waals surface area contributed by atoms with Crippen molar-refractivity contribution in [1.29, 1.82) is 0 Å². The number of rotatable bonds is 2. The second-order valence-corrected chi connectivity index (χ2v) is 4.69. The standard InChI is InChI=1S/C2H6NO3PS/c3-2(4)1-7(5,6)8/h1H2,(H2,3,4)(H2,5,6,8). The van der Waals surface area contributed by atoms with Crippen LogP contribution in [0.25, 0.3) is 0 Å². The van der Waals surface area contributed by atoms with Crippen LogP contribution < -0.4 is 5.73 Å². The Bertz CT molecular complexity index is 140.